The van der Waals surface area contributed by atoms with Gasteiger partial charge in [-0.25, -0.2) is 17.2 Å². The normalized spacial score (nSPS) is 16.8. The summed E-state index contributed by atoms with van der Waals surface area (Å²) in [5.41, 5.74) is 0.445. The van der Waals surface area contributed by atoms with Gasteiger partial charge >= 0.3 is 0 Å². The monoisotopic (exact) mass is 354 g/mol. The van der Waals surface area contributed by atoms with Crippen LogP contribution in [0.2, 0.25) is 0 Å². The molecule has 1 aliphatic heterocycles. The zero-order valence-electron chi connectivity index (χ0n) is 12.3. The Morgan fingerprint density at radius 1 is 1.12 bits per heavy atom. The standard InChI is InChI=1S/C15H12F2N2O4S/c1-8-15(20)18-13-6-9(2-5-14(13)23-8)19-24(21,22)10-3-4-11(16)12(17)7-10/h2-8,19H,1H3,(H,18,20)/t8-/m1/s1. The van der Waals surface area contributed by atoms with E-state index in [2.05, 4.69) is 10.0 Å². The Hall–Kier alpha value is -2.68. The van der Waals surface area contributed by atoms with Gasteiger partial charge in [0.25, 0.3) is 15.9 Å². The highest BCUT2D eigenvalue weighted by atomic mass is 32.2. The van der Waals surface area contributed by atoms with Crippen molar-refractivity contribution >= 4 is 27.3 Å². The molecule has 1 heterocycles. The molecule has 6 nitrogen and oxygen atoms in total. The number of fused-ring (bicyclic) bond motifs is 1. The van der Waals surface area contributed by atoms with Crippen LogP contribution < -0.4 is 14.8 Å². The van der Waals surface area contributed by atoms with E-state index in [1.54, 1.807) is 6.92 Å². The fraction of sp³-hybridized carbons (Fsp3) is 0.133. The van der Waals surface area contributed by atoms with Crippen LogP contribution in [-0.4, -0.2) is 20.4 Å². The van der Waals surface area contributed by atoms with Crippen molar-refractivity contribution in [2.24, 2.45) is 0 Å². The number of ether oxygens (including phenoxy) is 1. The van der Waals surface area contributed by atoms with Gasteiger partial charge in [-0.1, -0.05) is 0 Å². The Balaban J connectivity index is 1.89. The first-order chi connectivity index (χ1) is 11.3. The quantitative estimate of drug-likeness (QED) is 0.887. The number of carbonyl (C=O) groups excluding carboxylic acids is 1. The molecule has 1 aliphatic rings. The molecule has 0 saturated heterocycles. The molecule has 0 aromatic heterocycles. The van der Waals surface area contributed by atoms with Gasteiger partial charge in [-0.05, 0) is 43.3 Å². The van der Waals surface area contributed by atoms with Crippen molar-refractivity contribution in [3.05, 3.63) is 48.0 Å². The van der Waals surface area contributed by atoms with Crippen LogP contribution in [0.15, 0.2) is 41.3 Å². The summed E-state index contributed by atoms with van der Waals surface area (Å²) in [5.74, 6) is -2.37. The van der Waals surface area contributed by atoms with Gasteiger partial charge in [0.1, 0.15) is 5.75 Å². The molecule has 2 aromatic rings. The minimum Gasteiger partial charge on any atom is -0.479 e. The average molecular weight is 354 g/mol. The molecule has 24 heavy (non-hydrogen) atoms. The van der Waals surface area contributed by atoms with E-state index in [0.717, 1.165) is 12.1 Å². The first-order valence-corrected chi connectivity index (χ1v) is 8.34. The van der Waals surface area contributed by atoms with Crippen molar-refractivity contribution in [2.45, 2.75) is 17.9 Å². The number of amides is 1. The molecule has 1 atom stereocenters. The zero-order valence-corrected chi connectivity index (χ0v) is 13.2. The van der Waals surface area contributed by atoms with Crippen LogP contribution in [0, 0.1) is 11.6 Å². The second-order valence-corrected chi connectivity index (χ2v) is 6.82. The Bertz CT molecular complexity index is 931. The predicted molar refractivity (Wildman–Crippen MR) is 82.3 cm³/mol. The average Bonchev–Trinajstić information content (AvgIpc) is 2.51. The molecular weight excluding hydrogens is 342 g/mol. The largest absolute Gasteiger partial charge is 0.479 e. The van der Waals surface area contributed by atoms with Crippen LogP contribution >= 0.6 is 0 Å². The number of hydrogen-bond acceptors (Lipinski definition) is 4. The van der Waals surface area contributed by atoms with Crippen molar-refractivity contribution in [1.82, 2.24) is 0 Å². The van der Waals surface area contributed by atoms with Gasteiger partial charge in [-0.2, -0.15) is 0 Å². The van der Waals surface area contributed by atoms with E-state index in [1.165, 1.54) is 18.2 Å². The molecule has 9 heteroatoms. The Morgan fingerprint density at radius 2 is 1.88 bits per heavy atom. The summed E-state index contributed by atoms with van der Waals surface area (Å²) < 4.78 is 58.2. The number of halogens is 2. The molecule has 0 aliphatic carbocycles. The number of carbonyl (C=O) groups is 1. The molecule has 0 saturated carbocycles. The highest BCUT2D eigenvalue weighted by Crippen LogP contribution is 2.32. The maximum absolute atomic E-state index is 13.2. The number of rotatable bonds is 3. The minimum atomic E-state index is -4.11. The molecule has 2 N–H and O–H groups in total. The summed E-state index contributed by atoms with van der Waals surface area (Å²) in [4.78, 5) is 11.2. The third-order valence-corrected chi connectivity index (χ3v) is 4.74. The molecular formula is C15H12F2N2O4S. The summed E-state index contributed by atoms with van der Waals surface area (Å²) in [6.45, 7) is 1.58. The van der Waals surface area contributed by atoms with E-state index < -0.39 is 32.7 Å². The molecule has 3 rings (SSSR count). The van der Waals surface area contributed by atoms with Crippen molar-refractivity contribution in [3.8, 4) is 5.75 Å². The van der Waals surface area contributed by atoms with Crippen LogP contribution in [0.3, 0.4) is 0 Å². The van der Waals surface area contributed by atoms with Crippen molar-refractivity contribution in [2.75, 3.05) is 10.0 Å². The SMILES string of the molecule is C[C@H]1Oc2ccc(NS(=O)(=O)c3ccc(F)c(F)c3)cc2NC1=O. The zero-order chi connectivity index (χ0) is 17.5. The molecule has 126 valence electrons. The highest BCUT2D eigenvalue weighted by molar-refractivity contribution is 7.92. The lowest BCUT2D eigenvalue weighted by Gasteiger charge is -2.23. The number of anilines is 2. The summed E-state index contributed by atoms with van der Waals surface area (Å²) in [6, 6.07) is 6.56. The van der Waals surface area contributed by atoms with Crippen LogP contribution in [0.25, 0.3) is 0 Å². The van der Waals surface area contributed by atoms with E-state index in [1.807, 2.05) is 0 Å². The van der Waals surface area contributed by atoms with E-state index in [0.29, 0.717) is 17.5 Å². The van der Waals surface area contributed by atoms with Gasteiger partial charge < -0.3 is 10.1 Å². The van der Waals surface area contributed by atoms with Crippen LogP contribution in [0.4, 0.5) is 20.2 Å². The molecule has 1 amide bonds. The van der Waals surface area contributed by atoms with Gasteiger partial charge in [-0.15, -0.1) is 0 Å². The van der Waals surface area contributed by atoms with E-state index in [-0.39, 0.29) is 11.6 Å². The first-order valence-electron chi connectivity index (χ1n) is 6.86. The lowest BCUT2D eigenvalue weighted by molar-refractivity contribution is -0.122. The maximum atomic E-state index is 13.2. The summed E-state index contributed by atoms with van der Waals surface area (Å²) >= 11 is 0. The third-order valence-electron chi connectivity index (χ3n) is 3.36. The summed E-state index contributed by atoms with van der Waals surface area (Å²) in [5, 5.41) is 2.58. The minimum absolute atomic E-state index is 0.136. The Morgan fingerprint density at radius 3 is 2.58 bits per heavy atom. The molecule has 0 radical (unpaired) electrons. The first kappa shape index (κ1) is 16.2. The molecule has 0 unspecified atom stereocenters. The van der Waals surface area contributed by atoms with E-state index in [9.17, 15) is 22.0 Å². The highest BCUT2D eigenvalue weighted by Gasteiger charge is 2.24. The predicted octanol–water partition coefficient (Wildman–Crippen LogP) is 2.49. The number of benzene rings is 2. The van der Waals surface area contributed by atoms with E-state index in [4.69, 9.17) is 4.74 Å². The van der Waals surface area contributed by atoms with Crippen LogP contribution in [0.5, 0.6) is 5.75 Å². The van der Waals surface area contributed by atoms with E-state index >= 15 is 0 Å². The Kier molecular flexibility index (Phi) is 3.88. The van der Waals surface area contributed by atoms with Gasteiger partial charge in [-0.3, -0.25) is 9.52 Å². The number of hydrogen-bond donors (Lipinski definition) is 2. The molecule has 0 fully saturated rings. The number of sulfonamides is 1. The van der Waals surface area contributed by atoms with Crippen LogP contribution in [-0.2, 0) is 14.8 Å². The van der Waals surface area contributed by atoms with Crippen molar-refractivity contribution in [1.29, 1.82) is 0 Å². The topological polar surface area (TPSA) is 84.5 Å². The van der Waals surface area contributed by atoms with Gasteiger partial charge in [0.05, 0.1) is 16.3 Å². The maximum Gasteiger partial charge on any atom is 0.265 e. The fourth-order valence-corrected chi connectivity index (χ4v) is 3.19. The number of nitrogens with one attached hydrogen (secondary N) is 2. The van der Waals surface area contributed by atoms with Crippen LogP contribution in [0.1, 0.15) is 6.92 Å². The lowest BCUT2D eigenvalue weighted by Crippen LogP contribution is -2.34. The molecule has 2 aromatic carbocycles. The second-order valence-electron chi connectivity index (χ2n) is 5.14. The lowest BCUT2D eigenvalue weighted by atomic mass is 10.2. The smallest absolute Gasteiger partial charge is 0.265 e. The molecule has 0 bridgehead atoms. The summed E-state index contributed by atoms with van der Waals surface area (Å²) in [7, 11) is -4.11. The Labute approximate surface area is 136 Å². The van der Waals surface area contributed by atoms with Gasteiger partial charge in [0.15, 0.2) is 17.7 Å². The summed E-state index contributed by atoms with van der Waals surface area (Å²) in [6.07, 6.45) is -0.651. The second kappa shape index (κ2) is 5.75. The fourth-order valence-electron chi connectivity index (χ4n) is 2.13. The van der Waals surface area contributed by atoms with Gasteiger partial charge in [0.2, 0.25) is 0 Å². The van der Waals surface area contributed by atoms with Gasteiger partial charge in [0, 0.05) is 0 Å². The van der Waals surface area contributed by atoms with Crippen molar-refractivity contribution < 1.29 is 26.7 Å². The third kappa shape index (κ3) is 3.02. The molecule has 0 spiro atoms. The van der Waals surface area contributed by atoms with Crippen molar-refractivity contribution in [3.63, 3.8) is 0 Å².